The number of carboxylic acid groups (broad SMARTS) is 2. The van der Waals surface area contributed by atoms with Crippen LogP contribution < -0.4 is 40.0 Å². The summed E-state index contributed by atoms with van der Waals surface area (Å²) in [5.41, 5.74) is 0. The molecule has 0 aliphatic rings. The molecule has 0 saturated carbocycles. The molecule has 0 saturated heterocycles. The van der Waals surface area contributed by atoms with E-state index in [4.69, 9.17) is 14.9 Å². The summed E-state index contributed by atoms with van der Waals surface area (Å²) in [6.07, 6.45) is -2.15. The smallest absolute Gasteiger partial charge is 0.548 e. The number of rotatable bonds is 6. The van der Waals surface area contributed by atoms with Crippen LogP contribution in [0.2, 0.25) is 0 Å². The van der Waals surface area contributed by atoms with E-state index in [1.165, 1.54) is 0 Å². The number of amides is 1. The maximum absolute atomic E-state index is 10.9. The van der Waals surface area contributed by atoms with Crippen LogP contribution in [0.3, 0.4) is 0 Å². The van der Waals surface area contributed by atoms with E-state index < -0.39 is 44.1 Å². The van der Waals surface area contributed by atoms with Crippen LogP contribution in [0, 0.1) is 0 Å². The third-order valence-corrected chi connectivity index (χ3v) is 2.05. The Bertz CT molecular complexity index is 352. The van der Waals surface area contributed by atoms with Gasteiger partial charge in [-0.25, -0.2) is 0 Å². The summed E-state index contributed by atoms with van der Waals surface area (Å²) in [6.45, 7) is 0. The fourth-order valence-electron chi connectivity index (χ4n) is 0.795. The van der Waals surface area contributed by atoms with Crippen LogP contribution in [0.5, 0.6) is 0 Å². The molecule has 0 radical (unpaired) electrons. The van der Waals surface area contributed by atoms with E-state index in [1.807, 2.05) is 0 Å². The van der Waals surface area contributed by atoms with Gasteiger partial charge >= 0.3 is 43.1 Å². The number of hydrogen-bond acceptors (Lipinski definition) is 5. The second-order valence-electron chi connectivity index (χ2n) is 2.86. The molecule has 0 bridgehead atoms. The molecule has 1 atom stereocenters. The van der Waals surface area contributed by atoms with Crippen molar-refractivity contribution in [2.45, 2.75) is 12.5 Å². The maximum Gasteiger partial charge on any atom is 1.00 e. The van der Waals surface area contributed by atoms with Gasteiger partial charge in [0.25, 0.3) is 0 Å². The molecule has 9 nitrogen and oxygen atoms in total. The van der Waals surface area contributed by atoms with E-state index in [0.29, 0.717) is 0 Å². The minimum absolute atomic E-state index is 0. The molecule has 92 valence electrons. The van der Waals surface area contributed by atoms with Crippen molar-refractivity contribution in [1.29, 1.82) is 0 Å². The monoisotopic (exact) mass is 277 g/mol. The second kappa shape index (κ2) is 7.80. The summed E-state index contributed by atoms with van der Waals surface area (Å²) in [7, 11) is -4.62. The molecule has 1 amide bonds. The van der Waals surface area contributed by atoms with Gasteiger partial charge in [0.15, 0.2) is 0 Å². The summed E-state index contributed by atoms with van der Waals surface area (Å²) >= 11 is 0. The Labute approximate surface area is 118 Å². The molecule has 0 aliphatic heterocycles. The maximum atomic E-state index is 10.9. The Morgan fingerprint density at radius 3 is 2.06 bits per heavy atom. The molecule has 0 aromatic heterocycles. The Morgan fingerprint density at radius 2 is 1.76 bits per heavy atom. The predicted molar refractivity (Wildman–Crippen MR) is 46.1 cm³/mol. The molecule has 0 unspecified atom stereocenters. The molecule has 0 aromatic rings. The van der Waals surface area contributed by atoms with Crippen molar-refractivity contribution in [1.82, 2.24) is 5.32 Å². The van der Waals surface area contributed by atoms with Crippen LogP contribution in [0.4, 0.5) is 0 Å². The van der Waals surface area contributed by atoms with Gasteiger partial charge in [-0.3, -0.25) is 14.2 Å². The Kier molecular flexibility index (Phi) is 8.68. The normalized spacial score (nSPS) is 12.1. The van der Waals surface area contributed by atoms with Crippen LogP contribution in [-0.2, 0) is 18.9 Å². The Balaban J connectivity index is 0. The van der Waals surface area contributed by atoms with Gasteiger partial charge in [0.2, 0.25) is 5.91 Å². The Hall–Kier alpha value is -0.440. The molecule has 0 rings (SSSR count). The van der Waals surface area contributed by atoms with Crippen LogP contribution in [-0.4, -0.2) is 44.9 Å². The summed E-state index contributed by atoms with van der Waals surface area (Å²) < 4.78 is 10.4. The number of aliphatic carboxylic acids is 2. The van der Waals surface area contributed by atoms with Crippen LogP contribution in [0.15, 0.2) is 0 Å². The largest absolute Gasteiger partial charge is 1.00 e. The first kappa shape index (κ1) is 18.9. The van der Waals surface area contributed by atoms with Gasteiger partial charge in [-0.1, -0.05) is 0 Å². The molecule has 0 heterocycles. The fourth-order valence-corrected chi connectivity index (χ4v) is 1.26. The van der Waals surface area contributed by atoms with Crippen molar-refractivity contribution in [3.63, 3.8) is 0 Å². The summed E-state index contributed by atoms with van der Waals surface area (Å²) in [6, 6.07) is -1.82. The number of nitrogens with one attached hydrogen (secondary N) is 1. The van der Waals surface area contributed by atoms with Crippen molar-refractivity contribution in [2.75, 3.05) is 6.16 Å². The predicted octanol–water partition coefficient (Wildman–Crippen LogP) is -6.12. The SMILES string of the molecule is O=C(O)C[C@H](NC(=O)CP(=O)(O)O)C(=O)[O-].[Na+]. The zero-order valence-corrected chi connectivity index (χ0v) is 11.7. The second-order valence-corrected chi connectivity index (χ2v) is 4.51. The first-order valence-corrected chi connectivity index (χ1v) is 5.68. The average Bonchev–Trinajstić information content (AvgIpc) is 1.97. The van der Waals surface area contributed by atoms with E-state index in [1.54, 1.807) is 5.32 Å². The van der Waals surface area contributed by atoms with E-state index in [-0.39, 0.29) is 29.6 Å². The van der Waals surface area contributed by atoms with E-state index >= 15 is 0 Å². The Morgan fingerprint density at radius 1 is 1.29 bits per heavy atom. The standard InChI is InChI=1S/C6H10NO8P.Na/c8-4(2-16(13,14)15)7-3(6(11)12)1-5(9)10;/h3H,1-2H2,(H,7,8)(H,9,10)(H,11,12)(H2,13,14,15);/q;+1/p-1/t3-;/m0./s1. The van der Waals surface area contributed by atoms with Crippen LogP contribution >= 0.6 is 7.60 Å². The van der Waals surface area contributed by atoms with Crippen molar-refractivity contribution in [3.8, 4) is 0 Å². The number of hydrogen-bond donors (Lipinski definition) is 4. The van der Waals surface area contributed by atoms with Gasteiger partial charge in [-0.05, 0) is 0 Å². The number of carbonyl (C=O) groups excluding carboxylic acids is 2. The number of carbonyl (C=O) groups is 3. The number of carboxylic acids is 2. The van der Waals surface area contributed by atoms with E-state index in [2.05, 4.69) is 0 Å². The topological polar surface area (TPSA) is 164 Å². The summed E-state index contributed by atoms with van der Waals surface area (Å²) in [4.78, 5) is 48.2. The minimum Gasteiger partial charge on any atom is -0.548 e. The summed E-state index contributed by atoms with van der Waals surface area (Å²) in [5, 5.41) is 20.3. The first-order chi connectivity index (χ1) is 7.11. The van der Waals surface area contributed by atoms with Crippen LogP contribution in [0.25, 0.3) is 0 Å². The van der Waals surface area contributed by atoms with Crippen molar-refractivity contribution >= 4 is 25.4 Å². The third-order valence-electron chi connectivity index (χ3n) is 1.35. The fraction of sp³-hybridized carbons (Fsp3) is 0.500. The van der Waals surface area contributed by atoms with Gasteiger partial charge < -0.3 is 30.1 Å². The van der Waals surface area contributed by atoms with Gasteiger partial charge in [0.05, 0.1) is 18.4 Å². The van der Waals surface area contributed by atoms with Crippen LogP contribution in [0.1, 0.15) is 6.42 Å². The quantitative estimate of drug-likeness (QED) is 0.275. The third kappa shape index (κ3) is 10.4. The molecule has 11 heteroatoms. The van der Waals surface area contributed by atoms with Gasteiger partial charge in [0.1, 0.15) is 6.16 Å². The zero-order chi connectivity index (χ0) is 12.9. The minimum atomic E-state index is -4.62. The molecule has 0 spiro atoms. The van der Waals surface area contributed by atoms with Crippen molar-refractivity contribution in [3.05, 3.63) is 0 Å². The van der Waals surface area contributed by atoms with Gasteiger partial charge in [0, 0.05) is 0 Å². The van der Waals surface area contributed by atoms with Crippen molar-refractivity contribution in [2.24, 2.45) is 0 Å². The van der Waals surface area contributed by atoms with Gasteiger partial charge in [-0.15, -0.1) is 0 Å². The van der Waals surface area contributed by atoms with Gasteiger partial charge in [-0.2, -0.15) is 0 Å². The van der Waals surface area contributed by atoms with Crippen molar-refractivity contribution < 1.29 is 68.5 Å². The average molecular weight is 277 g/mol. The molecule has 0 fully saturated rings. The first-order valence-electron chi connectivity index (χ1n) is 3.88. The molecule has 4 N–H and O–H groups in total. The molecule has 17 heavy (non-hydrogen) atoms. The zero-order valence-electron chi connectivity index (χ0n) is 8.82. The summed E-state index contributed by atoms with van der Waals surface area (Å²) in [5.74, 6) is -4.60. The molecular weight excluding hydrogens is 268 g/mol. The van der Waals surface area contributed by atoms with E-state index in [0.717, 1.165) is 0 Å². The molecular formula is C6H9NNaO8P. The molecule has 0 aliphatic carbocycles. The molecule has 0 aromatic carbocycles. The van der Waals surface area contributed by atoms with E-state index in [9.17, 15) is 24.1 Å².